The number of nitrogens with one attached hydrogen (secondary N) is 1. The monoisotopic (exact) mass is 260 g/mol. The van der Waals surface area contributed by atoms with Crippen LogP contribution >= 0.6 is 0 Å². The van der Waals surface area contributed by atoms with Crippen LogP contribution in [-0.4, -0.2) is 44.7 Å². The Labute approximate surface area is 115 Å². The van der Waals surface area contributed by atoms with Gasteiger partial charge < -0.3 is 15.0 Å². The van der Waals surface area contributed by atoms with Crippen molar-refractivity contribution < 1.29 is 4.74 Å². The van der Waals surface area contributed by atoms with Gasteiger partial charge in [-0.15, -0.1) is 0 Å². The van der Waals surface area contributed by atoms with Crippen LogP contribution in [0.15, 0.2) is 18.2 Å². The second-order valence-corrected chi connectivity index (χ2v) is 5.93. The van der Waals surface area contributed by atoms with Gasteiger partial charge in [0.05, 0.1) is 6.61 Å². The number of nitrogens with zero attached hydrogens (tertiary/aromatic N) is 1. The highest BCUT2D eigenvalue weighted by Gasteiger charge is 2.18. The van der Waals surface area contributed by atoms with Gasteiger partial charge in [-0.3, -0.25) is 0 Å². The van der Waals surface area contributed by atoms with Gasteiger partial charge in [0.15, 0.2) is 0 Å². The van der Waals surface area contributed by atoms with E-state index in [1.165, 1.54) is 37.2 Å². The van der Waals surface area contributed by atoms with Crippen LogP contribution in [0, 0.1) is 5.92 Å². The van der Waals surface area contributed by atoms with Crippen LogP contribution in [-0.2, 0) is 12.8 Å². The summed E-state index contributed by atoms with van der Waals surface area (Å²) in [6.07, 6.45) is 3.47. The van der Waals surface area contributed by atoms with Crippen LogP contribution in [0.4, 0.5) is 0 Å². The first-order valence-corrected chi connectivity index (χ1v) is 7.45. The molecule has 1 aromatic carbocycles. The first kappa shape index (κ1) is 12.9. The molecule has 2 aliphatic rings. The van der Waals surface area contributed by atoms with E-state index in [1.807, 2.05) is 0 Å². The van der Waals surface area contributed by atoms with Gasteiger partial charge in [0.25, 0.3) is 0 Å². The number of fused-ring (bicyclic) bond motifs is 1. The minimum absolute atomic E-state index is 0.863. The predicted molar refractivity (Wildman–Crippen MR) is 77.8 cm³/mol. The zero-order valence-electron chi connectivity index (χ0n) is 11.8. The van der Waals surface area contributed by atoms with Gasteiger partial charge in [0.2, 0.25) is 0 Å². The lowest BCUT2D eigenvalue weighted by molar-refractivity contribution is 0.226. The Kier molecular flexibility index (Phi) is 4.04. The van der Waals surface area contributed by atoms with Crippen molar-refractivity contribution in [3.05, 3.63) is 29.3 Å². The molecule has 3 heteroatoms. The molecule has 1 fully saturated rings. The summed E-state index contributed by atoms with van der Waals surface area (Å²) in [5.74, 6) is 1.96. The van der Waals surface area contributed by atoms with Crippen LogP contribution in [0.1, 0.15) is 17.5 Å². The molecule has 0 radical (unpaired) electrons. The van der Waals surface area contributed by atoms with Gasteiger partial charge >= 0.3 is 0 Å². The van der Waals surface area contributed by atoms with E-state index in [9.17, 15) is 0 Å². The first-order chi connectivity index (χ1) is 9.31. The molecule has 104 valence electrons. The Morgan fingerprint density at radius 1 is 1.37 bits per heavy atom. The van der Waals surface area contributed by atoms with E-state index in [1.54, 1.807) is 0 Å². The average molecular weight is 260 g/mol. The summed E-state index contributed by atoms with van der Waals surface area (Å²) in [6, 6.07) is 6.72. The third-order valence-electron chi connectivity index (χ3n) is 4.19. The van der Waals surface area contributed by atoms with Crippen molar-refractivity contribution >= 4 is 0 Å². The molecular formula is C16H24N2O. The number of hydrogen-bond donors (Lipinski definition) is 1. The third kappa shape index (κ3) is 3.28. The molecule has 2 aliphatic heterocycles. The Bertz CT molecular complexity index is 429. The summed E-state index contributed by atoms with van der Waals surface area (Å²) >= 11 is 0. The molecule has 1 saturated heterocycles. The molecule has 1 N–H and O–H groups in total. The number of aryl methyl sites for hydroxylation is 1. The number of rotatable bonds is 5. The lowest BCUT2D eigenvalue weighted by Crippen LogP contribution is -2.47. The Morgan fingerprint density at radius 3 is 3.05 bits per heavy atom. The van der Waals surface area contributed by atoms with Crippen molar-refractivity contribution in [1.29, 1.82) is 0 Å². The molecule has 0 bridgehead atoms. The van der Waals surface area contributed by atoms with E-state index in [0.29, 0.717) is 0 Å². The van der Waals surface area contributed by atoms with Gasteiger partial charge in [-0.1, -0.05) is 12.1 Å². The van der Waals surface area contributed by atoms with Crippen molar-refractivity contribution in [1.82, 2.24) is 10.2 Å². The lowest BCUT2D eigenvalue weighted by atomic mass is 10.0. The summed E-state index contributed by atoms with van der Waals surface area (Å²) in [5.41, 5.74) is 2.84. The van der Waals surface area contributed by atoms with Crippen molar-refractivity contribution in [2.45, 2.75) is 19.3 Å². The van der Waals surface area contributed by atoms with E-state index >= 15 is 0 Å². The van der Waals surface area contributed by atoms with Crippen molar-refractivity contribution in [2.75, 3.05) is 39.8 Å². The SMILES string of the molecule is CN(CCc1ccc2c(c1)CCCO2)CC1CNC1. The average Bonchev–Trinajstić information content (AvgIpc) is 2.40. The fraction of sp³-hybridized carbons (Fsp3) is 0.625. The van der Waals surface area contributed by atoms with E-state index in [2.05, 4.69) is 35.5 Å². The number of ether oxygens (including phenoxy) is 1. The molecule has 19 heavy (non-hydrogen) atoms. The first-order valence-electron chi connectivity index (χ1n) is 7.45. The van der Waals surface area contributed by atoms with E-state index in [4.69, 9.17) is 4.74 Å². The highest BCUT2D eigenvalue weighted by Crippen LogP contribution is 2.25. The largest absolute Gasteiger partial charge is 0.493 e. The molecule has 3 rings (SSSR count). The van der Waals surface area contributed by atoms with Gasteiger partial charge in [-0.25, -0.2) is 0 Å². The maximum atomic E-state index is 5.66. The van der Waals surface area contributed by atoms with Gasteiger partial charge in [0.1, 0.15) is 5.75 Å². The quantitative estimate of drug-likeness (QED) is 0.872. The predicted octanol–water partition coefficient (Wildman–Crippen LogP) is 1.71. The standard InChI is InChI=1S/C16H24N2O/c1-18(12-14-10-17-11-14)7-6-13-4-5-16-15(9-13)3-2-8-19-16/h4-5,9,14,17H,2-3,6-8,10-12H2,1H3. The second kappa shape index (κ2) is 5.93. The highest BCUT2D eigenvalue weighted by molar-refractivity contribution is 5.38. The van der Waals surface area contributed by atoms with E-state index in [0.717, 1.165) is 37.7 Å². The van der Waals surface area contributed by atoms with Crippen LogP contribution in [0.5, 0.6) is 5.75 Å². The summed E-state index contributed by atoms with van der Waals surface area (Å²) in [4.78, 5) is 2.46. The summed E-state index contributed by atoms with van der Waals surface area (Å²) < 4.78 is 5.66. The number of benzene rings is 1. The van der Waals surface area contributed by atoms with Gasteiger partial charge in [0, 0.05) is 26.2 Å². The Morgan fingerprint density at radius 2 is 2.26 bits per heavy atom. The Hall–Kier alpha value is -1.06. The van der Waals surface area contributed by atoms with E-state index < -0.39 is 0 Å². The van der Waals surface area contributed by atoms with Gasteiger partial charge in [-0.05, 0) is 49.4 Å². The maximum Gasteiger partial charge on any atom is 0.122 e. The molecular weight excluding hydrogens is 236 g/mol. The zero-order valence-corrected chi connectivity index (χ0v) is 11.8. The molecule has 0 amide bonds. The van der Waals surface area contributed by atoms with Crippen molar-refractivity contribution in [3.8, 4) is 5.75 Å². The fourth-order valence-electron chi connectivity index (χ4n) is 2.90. The summed E-state index contributed by atoms with van der Waals surface area (Å²) in [5, 5.41) is 3.33. The minimum atomic E-state index is 0.863. The van der Waals surface area contributed by atoms with Crippen LogP contribution in [0.25, 0.3) is 0 Å². The number of hydrogen-bond acceptors (Lipinski definition) is 3. The molecule has 1 aromatic rings. The van der Waals surface area contributed by atoms with Crippen LogP contribution < -0.4 is 10.1 Å². The number of likely N-dealkylation sites (N-methyl/N-ethyl adjacent to an activating group) is 1. The normalized spacial score (nSPS) is 18.8. The summed E-state index contributed by atoms with van der Waals surface area (Å²) in [6.45, 7) is 5.64. The molecule has 3 nitrogen and oxygen atoms in total. The second-order valence-electron chi connectivity index (χ2n) is 5.93. The summed E-state index contributed by atoms with van der Waals surface area (Å²) in [7, 11) is 2.24. The highest BCUT2D eigenvalue weighted by atomic mass is 16.5. The Balaban J connectivity index is 1.51. The topological polar surface area (TPSA) is 24.5 Å². The molecule has 0 saturated carbocycles. The molecule has 0 atom stereocenters. The molecule has 0 aromatic heterocycles. The maximum absolute atomic E-state index is 5.66. The third-order valence-corrected chi connectivity index (χ3v) is 4.19. The lowest BCUT2D eigenvalue weighted by Gasteiger charge is -2.31. The smallest absolute Gasteiger partial charge is 0.122 e. The molecule has 2 heterocycles. The van der Waals surface area contributed by atoms with E-state index in [-0.39, 0.29) is 0 Å². The zero-order chi connectivity index (χ0) is 13.1. The van der Waals surface area contributed by atoms with Crippen LogP contribution in [0.2, 0.25) is 0 Å². The van der Waals surface area contributed by atoms with Gasteiger partial charge in [-0.2, -0.15) is 0 Å². The molecule has 0 aliphatic carbocycles. The van der Waals surface area contributed by atoms with Crippen molar-refractivity contribution in [2.24, 2.45) is 5.92 Å². The van der Waals surface area contributed by atoms with Crippen LogP contribution in [0.3, 0.4) is 0 Å². The van der Waals surface area contributed by atoms with Crippen molar-refractivity contribution in [3.63, 3.8) is 0 Å². The molecule has 0 spiro atoms. The molecule has 0 unspecified atom stereocenters. The fourth-order valence-corrected chi connectivity index (χ4v) is 2.90. The minimum Gasteiger partial charge on any atom is -0.493 e.